The van der Waals surface area contributed by atoms with Gasteiger partial charge in [-0.25, -0.2) is 0 Å². The molecule has 3 heterocycles. The van der Waals surface area contributed by atoms with Gasteiger partial charge in [0.1, 0.15) is 0 Å². The molecule has 0 radical (unpaired) electrons. The van der Waals surface area contributed by atoms with Crippen molar-refractivity contribution in [3.8, 4) is 0 Å². The summed E-state index contributed by atoms with van der Waals surface area (Å²) < 4.78 is 0. The highest BCUT2D eigenvalue weighted by atomic mass is 16.6. The van der Waals surface area contributed by atoms with Gasteiger partial charge in [-0.3, -0.25) is 10.1 Å². The van der Waals surface area contributed by atoms with Gasteiger partial charge in [0, 0.05) is 26.2 Å². The van der Waals surface area contributed by atoms with E-state index in [-0.39, 0.29) is 11.5 Å². The predicted molar refractivity (Wildman–Crippen MR) is 110 cm³/mol. The van der Waals surface area contributed by atoms with Crippen molar-refractivity contribution in [2.75, 3.05) is 41.7 Å². The van der Waals surface area contributed by atoms with Crippen LogP contribution in [0, 0.1) is 16.0 Å². The molecule has 0 spiro atoms. The lowest BCUT2D eigenvalue weighted by molar-refractivity contribution is -0.383. The average Bonchev–Trinajstić information content (AvgIpc) is 3.23. The van der Waals surface area contributed by atoms with E-state index in [1.54, 1.807) is 0 Å². The van der Waals surface area contributed by atoms with E-state index in [1.165, 1.54) is 5.56 Å². The van der Waals surface area contributed by atoms with Gasteiger partial charge in [0.15, 0.2) is 0 Å². The summed E-state index contributed by atoms with van der Waals surface area (Å²) >= 11 is 0. The molecule has 0 amide bonds. The fourth-order valence-corrected chi connectivity index (χ4v) is 4.20. The molecule has 1 aromatic heterocycles. The van der Waals surface area contributed by atoms with Crippen LogP contribution < -0.4 is 15.5 Å². The van der Waals surface area contributed by atoms with Gasteiger partial charge < -0.3 is 15.5 Å². The number of aromatic nitrogens is 2. The zero-order chi connectivity index (χ0) is 19.5. The number of nitrogens with two attached hydrogens (primary N) is 1. The summed E-state index contributed by atoms with van der Waals surface area (Å²) in [6, 6.07) is 10.6. The Bertz CT molecular complexity index is 830. The first-order valence-electron chi connectivity index (χ1n) is 9.97. The van der Waals surface area contributed by atoms with Crippen molar-refractivity contribution in [1.29, 1.82) is 0 Å². The van der Waals surface area contributed by atoms with E-state index in [9.17, 15) is 10.1 Å². The largest absolute Gasteiger partial charge is 0.378 e. The third-order valence-corrected chi connectivity index (χ3v) is 5.73. The fourth-order valence-electron chi connectivity index (χ4n) is 4.20. The van der Waals surface area contributed by atoms with Gasteiger partial charge in [-0.1, -0.05) is 30.3 Å². The number of nitro groups is 1. The van der Waals surface area contributed by atoms with E-state index in [1.807, 2.05) is 11.0 Å². The standard InChI is InChI=1S/C20H26N6O2/c21-18-17(26(27)28)19(24-10-4-5-11-24)23-20(22-18)25-12-8-16(9-13-25)14-15-6-2-1-3-7-15/h1-3,6-7,16H,4-5,8-14H2,(H2,21,22,23). The van der Waals surface area contributed by atoms with Gasteiger partial charge in [-0.2, -0.15) is 9.97 Å². The van der Waals surface area contributed by atoms with Crippen molar-refractivity contribution in [3.63, 3.8) is 0 Å². The van der Waals surface area contributed by atoms with Crippen LogP contribution in [-0.2, 0) is 6.42 Å². The Morgan fingerprint density at radius 2 is 1.71 bits per heavy atom. The highest BCUT2D eigenvalue weighted by Gasteiger charge is 2.31. The number of nitrogens with zero attached hydrogens (tertiary/aromatic N) is 5. The van der Waals surface area contributed by atoms with Crippen molar-refractivity contribution >= 4 is 23.3 Å². The number of anilines is 3. The summed E-state index contributed by atoms with van der Waals surface area (Å²) in [5.74, 6) is 1.48. The van der Waals surface area contributed by atoms with Gasteiger partial charge in [0.25, 0.3) is 0 Å². The number of rotatable bonds is 5. The lowest BCUT2D eigenvalue weighted by Crippen LogP contribution is -2.36. The molecule has 0 unspecified atom stereocenters. The van der Waals surface area contributed by atoms with Crippen molar-refractivity contribution < 1.29 is 4.92 Å². The molecule has 28 heavy (non-hydrogen) atoms. The number of hydrogen-bond acceptors (Lipinski definition) is 7. The lowest BCUT2D eigenvalue weighted by Gasteiger charge is -2.32. The van der Waals surface area contributed by atoms with Crippen LogP contribution in [0.1, 0.15) is 31.2 Å². The smallest absolute Gasteiger partial charge is 0.353 e. The molecule has 2 aromatic rings. The molecule has 2 aliphatic rings. The molecular weight excluding hydrogens is 356 g/mol. The first kappa shape index (κ1) is 18.5. The fraction of sp³-hybridized carbons (Fsp3) is 0.500. The molecular formula is C20H26N6O2. The van der Waals surface area contributed by atoms with Crippen LogP contribution in [0.3, 0.4) is 0 Å². The minimum absolute atomic E-state index is 0.0386. The summed E-state index contributed by atoms with van der Waals surface area (Å²) in [5.41, 5.74) is 7.19. The summed E-state index contributed by atoms with van der Waals surface area (Å²) in [7, 11) is 0. The van der Waals surface area contributed by atoms with Crippen LogP contribution in [0.25, 0.3) is 0 Å². The predicted octanol–water partition coefficient (Wildman–Crippen LogP) is 3.03. The Kier molecular flexibility index (Phi) is 5.27. The van der Waals surface area contributed by atoms with Gasteiger partial charge in [0.05, 0.1) is 4.92 Å². The normalized spacial score (nSPS) is 17.9. The van der Waals surface area contributed by atoms with Gasteiger partial charge >= 0.3 is 5.69 Å². The molecule has 2 N–H and O–H groups in total. The summed E-state index contributed by atoms with van der Waals surface area (Å²) in [6.07, 6.45) is 5.21. The molecule has 2 fully saturated rings. The van der Waals surface area contributed by atoms with Crippen LogP contribution >= 0.6 is 0 Å². The first-order valence-corrected chi connectivity index (χ1v) is 9.97. The van der Waals surface area contributed by atoms with Crippen LogP contribution in [-0.4, -0.2) is 41.1 Å². The second-order valence-corrected chi connectivity index (χ2v) is 7.65. The van der Waals surface area contributed by atoms with Crippen LogP contribution in [0.15, 0.2) is 30.3 Å². The monoisotopic (exact) mass is 382 g/mol. The van der Waals surface area contributed by atoms with Crippen LogP contribution in [0.2, 0.25) is 0 Å². The molecule has 0 aliphatic carbocycles. The molecule has 0 atom stereocenters. The average molecular weight is 382 g/mol. The maximum atomic E-state index is 11.5. The van der Waals surface area contributed by atoms with E-state index in [4.69, 9.17) is 5.73 Å². The van der Waals surface area contributed by atoms with Crippen molar-refractivity contribution in [1.82, 2.24) is 9.97 Å². The van der Waals surface area contributed by atoms with Gasteiger partial charge in [0.2, 0.25) is 17.6 Å². The lowest BCUT2D eigenvalue weighted by atomic mass is 9.90. The summed E-state index contributed by atoms with van der Waals surface area (Å²) in [6.45, 7) is 3.23. The van der Waals surface area contributed by atoms with E-state index >= 15 is 0 Å². The summed E-state index contributed by atoms with van der Waals surface area (Å²) in [4.78, 5) is 24.0. The quantitative estimate of drug-likeness (QED) is 0.626. The first-order chi connectivity index (χ1) is 13.6. The number of nitrogen functional groups attached to an aromatic ring is 1. The number of hydrogen-bond donors (Lipinski definition) is 1. The minimum atomic E-state index is -0.459. The third kappa shape index (κ3) is 3.85. The molecule has 2 saturated heterocycles. The van der Waals surface area contributed by atoms with E-state index in [2.05, 4.69) is 39.1 Å². The molecule has 2 aliphatic heterocycles. The number of benzene rings is 1. The second-order valence-electron chi connectivity index (χ2n) is 7.65. The van der Waals surface area contributed by atoms with E-state index in [0.29, 0.717) is 17.7 Å². The van der Waals surface area contributed by atoms with E-state index < -0.39 is 4.92 Å². The Morgan fingerprint density at radius 1 is 1.04 bits per heavy atom. The van der Waals surface area contributed by atoms with Crippen molar-refractivity contribution in [3.05, 3.63) is 46.0 Å². The third-order valence-electron chi connectivity index (χ3n) is 5.73. The van der Waals surface area contributed by atoms with Crippen LogP contribution in [0.5, 0.6) is 0 Å². The second kappa shape index (κ2) is 8.00. The van der Waals surface area contributed by atoms with Crippen molar-refractivity contribution in [2.24, 2.45) is 5.92 Å². The zero-order valence-electron chi connectivity index (χ0n) is 16.0. The maximum Gasteiger partial charge on any atom is 0.353 e. The Balaban J connectivity index is 1.49. The Labute approximate surface area is 164 Å². The Morgan fingerprint density at radius 3 is 2.36 bits per heavy atom. The molecule has 0 bridgehead atoms. The molecule has 148 valence electrons. The van der Waals surface area contributed by atoms with E-state index in [0.717, 1.165) is 58.3 Å². The Hall–Kier alpha value is -2.90. The molecule has 8 heteroatoms. The van der Waals surface area contributed by atoms with Crippen molar-refractivity contribution in [2.45, 2.75) is 32.1 Å². The SMILES string of the molecule is Nc1nc(N2CCC(Cc3ccccc3)CC2)nc(N2CCCC2)c1[N+](=O)[O-]. The topological polar surface area (TPSA) is 101 Å². The number of piperidine rings is 1. The molecule has 8 nitrogen and oxygen atoms in total. The highest BCUT2D eigenvalue weighted by molar-refractivity contribution is 5.71. The maximum absolute atomic E-state index is 11.5. The molecule has 4 rings (SSSR count). The van der Waals surface area contributed by atoms with Gasteiger partial charge in [-0.05, 0) is 43.6 Å². The summed E-state index contributed by atoms with van der Waals surface area (Å²) in [5, 5.41) is 11.5. The zero-order valence-corrected chi connectivity index (χ0v) is 16.0. The molecule has 1 aromatic carbocycles. The van der Waals surface area contributed by atoms with Gasteiger partial charge in [-0.15, -0.1) is 0 Å². The minimum Gasteiger partial charge on any atom is -0.378 e. The van der Waals surface area contributed by atoms with Crippen LogP contribution in [0.4, 0.5) is 23.3 Å². The molecule has 0 saturated carbocycles. The highest BCUT2D eigenvalue weighted by Crippen LogP contribution is 2.35.